The Labute approximate surface area is 202 Å². The van der Waals surface area contributed by atoms with Gasteiger partial charge in [0.05, 0.1) is 22.2 Å². The Morgan fingerprint density at radius 2 is 1.57 bits per heavy atom. The molecular weight excluding hydrogens is 440 g/mol. The van der Waals surface area contributed by atoms with Crippen LogP contribution in [-0.4, -0.2) is 14.3 Å². The van der Waals surface area contributed by atoms with Crippen molar-refractivity contribution in [2.24, 2.45) is 7.05 Å². The van der Waals surface area contributed by atoms with Gasteiger partial charge in [0.2, 0.25) is 0 Å². The van der Waals surface area contributed by atoms with Crippen LogP contribution in [0.15, 0.2) is 102 Å². The normalized spacial score (nSPS) is 11.9. The number of nitrogens with one attached hydrogen (secondary N) is 1. The summed E-state index contributed by atoms with van der Waals surface area (Å²) in [5.41, 5.74) is 3.30. The molecule has 0 aliphatic heterocycles. The highest BCUT2D eigenvalue weighted by atomic mass is 16.6. The molecule has 5 rings (SSSR count). The van der Waals surface area contributed by atoms with E-state index in [1.54, 1.807) is 10.7 Å². The SMILES string of the molecule is Cc1c([C@H](Nc2ccc3ccccc3c2)c2cccc([N+](=O)[O-])c2)c(=O)n(-c2ccccc2)n1C. The summed E-state index contributed by atoms with van der Waals surface area (Å²) in [5.74, 6) is 0. The molecule has 35 heavy (non-hydrogen) atoms. The van der Waals surface area contributed by atoms with E-state index in [1.807, 2.05) is 97.5 Å². The molecule has 0 saturated heterocycles. The van der Waals surface area contributed by atoms with E-state index < -0.39 is 11.0 Å². The molecule has 0 amide bonds. The van der Waals surface area contributed by atoms with Crippen molar-refractivity contribution in [1.29, 1.82) is 0 Å². The maximum atomic E-state index is 13.8. The first-order valence-corrected chi connectivity index (χ1v) is 11.3. The number of benzene rings is 4. The number of nitro groups is 1. The smallest absolute Gasteiger partial charge is 0.277 e. The Morgan fingerprint density at radius 1 is 0.857 bits per heavy atom. The van der Waals surface area contributed by atoms with Gasteiger partial charge in [0.25, 0.3) is 11.2 Å². The first-order valence-electron chi connectivity index (χ1n) is 11.3. The highest BCUT2D eigenvalue weighted by molar-refractivity contribution is 5.85. The molecule has 0 fully saturated rings. The number of fused-ring (bicyclic) bond motifs is 1. The summed E-state index contributed by atoms with van der Waals surface area (Å²) in [6, 6.07) is 29.3. The first-order chi connectivity index (χ1) is 16.9. The van der Waals surface area contributed by atoms with E-state index in [-0.39, 0.29) is 11.2 Å². The van der Waals surface area contributed by atoms with Crippen molar-refractivity contribution in [3.8, 4) is 5.69 Å². The maximum Gasteiger partial charge on any atom is 0.277 e. The molecule has 7 nitrogen and oxygen atoms in total. The molecule has 0 bridgehead atoms. The molecule has 0 saturated carbocycles. The van der Waals surface area contributed by atoms with Crippen molar-refractivity contribution in [3.05, 3.63) is 134 Å². The fourth-order valence-electron chi connectivity index (χ4n) is 4.51. The van der Waals surface area contributed by atoms with Crippen LogP contribution in [0.5, 0.6) is 0 Å². The molecule has 174 valence electrons. The van der Waals surface area contributed by atoms with Crippen LogP contribution in [0.2, 0.25) is 0 Å². The number of nitro benzene ring substituents is 1. The fourth-order valence-corrected chi connectivity index (χ4v) is 4.51. The highest BCUT2D eigenvalue weighted by Crippen LogP contribution is 2.31. The van der Waals surface area contributed by atoms with Gasteiger partial charge < -0.3 is 5.32 Å². The van der Waals surface area contributed by atoms with E-state index in [2.05, 4.69) is 5.32 Å². The van der Waals surface area contributed by atoms with Gasteiger partial charge in [0, 0.05) is 30.6 Å². The lowest BCUT2D eigenvalue weighted by atomic mass is 9.97. The first kappa shape index (κ1) is 22.2. The second-order valence-corrected chi connectivity index (χ2v) is 8.47. The number of aromatic nitrogens is 2. The minimum Gasteiger partial charge on any atom is -0.374 e. The van der Waals surface area contributed by atoms with Crippen LogP contribution in [0, 0.1) is 17.0 Å². The summed E-state index contributed by atoms with van der Waals surface area (Å²) in [6.07, 6.45) is 0. The van der Waals surface area contributed by atoms with Crippen LogP contribution in [0.4, 0.5) is 11.4 Å². The lowest BCUT2D eigenvalue weighted by molar-refractivity contribution is -0.384. The molecular formula is C28H24N4O3. The Kier molecular flexibility index (Phi) is 5.66. The predicted molar refractivity (Wildman–Crippen MR) is 138 cm³/mol. The zero-order valence-electron chi connectivity index (χ0n) is 19.4. The standard InChI is InChI=1S/C28H24N4O3/c1-19-26(28(33)31(30(19)2)24-12-4-3-5-13-24)27(22-11-8-14-25(18-22)32(34)35)29-23-16-15-20-9-6-7-10-21(20)17-23/h3-18,27,29H,1-2H3/t27-/m1/s1. The predicted octanol–water partition coefficient (Wildman–Crippen LogP) is 5.75. The molecule has 0 spiro atoms. The molecule has 0 aliphatic rings. The van der Waals surface area contributed by atoms with Crippen molar-refractivity contribution < 1.29 is 4.92 Å². The van der Waals surface area contributed by atoms with E-state index in [9.17, 15) is 14.9 Å². The lowest BCUT2D eigenvalue weighted by Gasteiger charge is -2.20. The van der Waals surface area contributed by atoms with Gasteiger partial charge in [-0.1, -0.05) is 60.7 Å². The Bertz CT molecular complexity index is 1600. The van der Waals surface area contributed by atoms with Crippen LogP contribution < -0.4 is 10.9 Å². The molecule has 0 unspecified atom stereocenters. The summed E-state index contributed by atoms with van der Waals surface area (Å²) in [5, 5.41) is 17.2. The number of non-ortho nitro benzene ring substituents is 1. The number of rotatable bonds is 6. The molecule has 0 aliphatic carbocycles. The Morgan fingerprint density at radius 3 is 2.31 bits per heavy atom. The molecule has 0 radical (unpaired) electrons. The molecule has 1 atom stereocenters. The summed E-state index contributed by atoms with van der Waals surface area (Å²) in [6.45, 7) is 1.89. The van der Waals surface area contributed by atoms with E-state index in [0.29, 0.717) is 11.1 Å². The third-order valence-corrected chi connectivity index (χ3v) is 6.36. The zero-order valence-corrected chi connectivity index (χ0v) is 19.4. The zero-order chi connectivity index (χ0) is 24.5. The molecule has 1 N–H and O–H groups in total. The van der Waals surface area contributed by atoms with Crippen LogP contribution in [0.3, 0.4) is 0 Å². The summed E-state index contributed by atoms with van der Waals surface area (Å²) < 4.78 is 3.44. The van der Waals surface area contributed by atoms with Crippen molar-refractivity contribution in [2.75, 3.05) is 5.32 Å². The number of nitrogens with zero attached hydrogens (tertiary/aromatic N) is 3. The van der Waals surface area contributed by atoms with Gasteiger partial charge in [-0.05, 0) is 47.5 Å². The van der Waals surface area contributed by atoms with E-state index in [4.69, 9.17) is 0 Å². The lowest BCUT2D eigenvalue weighted by Crippen LogP contribution is -2.25. The van der Waals surface area contributed by atoms with Crippen LogP contribution in [0.25, 0.3) is 16.5 Å². The van der Waals surface area contributed by atoms with Gasteiger partial charge in [0.15, 0.2) is 0 Å². The minimum atomic E-state index is -0.597. The van der Waals surface area contributed by atoms with Crippen LogP contribution >= 0.6 is 0 Å². The maximum absolute atomic E-state index is 13.8. The largest absolute Gasteiger partial charge is 0.374 e. The van der Waals surface area contributed by atoms with Crippen molar-refractivity contribution in [2.45, 2.75) is 13.0 Å². The van der Waals surface area contributed by atoms with Crippen LogP contribution in [0.1, 0.15) is 22.9 Å². The number of para-hydroxylation sites is 1. The summed E-state index contributed by atoms with van der Waals surface area (Å²) in [4.78, 5) is 24.9. The molecule has 7 heteroatoms. The van der Waals surface area contributed by atoms with Gasteiger partial charge in [-0.25, -0.2) is 4.68 Å². The van der Waals surface area contributed by atoms with Gasteiger partial charge in [-0.3, -0.25) is 19.6 Å². The molecule has 4 aromatic carbocycles. The van der Waals surface area contributed by atoms with Gasteiger partial charge in [-0.2, -0.15) is 0 Å². The van der Waals surface area contributed by atoms with Crippen molar-refractivity contribution in [1.82, 2.24) is 9.36 Å². The Hall–Kier alpha value is -4.65. The third kappa shape index (κ3) is 4.08. The van der Waals surface area contributed by atoms with E-state index >= 15 is 0 Å². The second-order valence-electron chi connectivity index (χ2n) is 8.47. The second kappa shape index (κ2) is 8.95. The number of anilines is 1. The monoisotopic (exact) mass is 464 g/mol. The quantitative estimate of drug-likeness (QED) is 0.256. The Balaban J connectivity index is 1.69. The van der Waals surface area contributed by atoms with E-state index in [1.165, 1.54) is 12.1 Å². The van der Waals surface area contributed by atoms with E-state index in [0.717, 1.165) is 27.8 Å². The minimum absolute atomic E-state index is 0.0234. The topological polar surface area (TPSA) is 82.1 Å². The average Bonchev–Trinajstić information content (AvgIpc) is 3.10. The van der Waals surface area contributed by atoms with Crippen LogP contribution in [-0.2, 0) is 7.05 Å². The fraction of sp³-hybridized carbons (Fsp3) is 0.107. The summed E-state index contributed by atoms with van der Waals surface area (Å²) >= 11 is 0. The average molecular weight is 465 g/mol. The van der Waals surface area contributed by atoms with Gasteiger partial charge in [0.1, 0.15) is 0 Å². The third-order valence-electron chi connectivity index (χ3n) is 6.36. The number of hydrogen-bond acceptors (Lipinski definition) is 4. The summed E-state index contributed by atoms with van der Waals surface area (Å²) in [7, 11) is 1.84. The molecule has 1 heterocycles. The molecule has 1 aromatic heterocycles. The van der Waals surface area contributed by atoms with Gasteiger partial charge >= 0.3 is 0 Å². The number of hydrogen-bond donors (Lipinski definition) is 1. The van der Waals surface area contributed by atoms with Crippen molar-refractivity contribution >= 4 is 22.1 Å². The van der Waals surface area contributed by atoms with Crippen molar-refractivity contribution in [3.63, 3.8) is 0 Å². The molecule has 5 aromatic rings. The van der Waals surface area contributed by atoms with Gasteiger partial charge in [-0.15, -0.1) is 0 Å². The highest BCUT2D eigenvalue weighted by Gasteiger charge is 2.26.